The number of hydrogen-bond acceptors (Lipinski definition) is 6. The minimum absolute atomic E-state index is 0.00154. The molecule has 1 unspecified atom stereocenters. The van der Waals surface area contributed by atoms with E-state index < -0.39 is 10.0 Å². The van der Waals surface area contributed by atoms with Gasteiger partial charge in [-0.05, 0) is 56.9 Å². The van der Waals surface area contributed by atoms with Crippen LogP contribution in [0.25, 0.3) is 0 Å². The molecule has 2 fully saturated rings. The third-order valence-corrected chi connectivity index (χ3v) is 6.96. The Kier molecular flexibility index (Phi) is 7.32. The number of ether oxygens (including phenoxy) is 1. The van der Waals surface area contributed by atoms with Gasteiger partial charge in [0.15, 0.2) is 0 Å². The van der Waals surface area contributed by atoms with E-state index in [0.717, 1.165) is 12.8 Å². The summed E-state index contributed by atoms with van der Waals surface area (Å²) in [4.78, 5) is 40.3. The Labute approximate surface area is 182 Å². The van der Waals surface area contributed by atoms with Gasteiger partial charge in [-0.25, -0.2) is 13.1 Å². The van der Waals surface area contributed by atoms with Gasteiger partial charge in [-0.2, -0.15) is 0 Å². The van der Waals surface area contributed by atoms with Gasteiger partial charge in [0.2, 0.25) is 15.9 Å². The zero-order valence-corrected chi connectivity index (χ0v) is 18.7. The number of likely N-dealkylation sites (N-methyl/N-ethyl adjacent to an activating group) is 1. The van der Waals surface area contributed by atoms with Crippen LogP contribution in [0.1, 0.15) is 43.0 Å². The van der Waals surface area contributed by atoms with Crippen LogP contribution in [-0.2, 0) is 24.3 Å². The lowest BCUT2D eigenvalue weighted by Gasteiger charge is -2.32. The molecule has 1 saturated carbocycles. The molecule has 2 amide bonds. The molecule has 1 aliphatic carbocycles. The number of benzene rings is 1. The van der Waals surface area contributed by atoms with Crippen LogP contribution in [0.3, 0.4) is 0 Å². The third-order valence-electron chi connectivity index (χ3n) is 5.42. The summed E-state index contributed by atoms with van der Waals surface area (Å²) in [5.41, 5.74) is 0.295. The standard InChI is InChI=1S/C21H29N3O6S/c1-3-30-21(27)16-5-4-12-24(13-16)19(25)14-23(2)20(26)15-6-10-18(11-7-15)31(28,29)22-17-8-9-17/h6-7,10-11,16-17,22H,3-5,8-9,12-14H2,1-2H3. The first-order valence-corrected chi connectivity index (χ1v) is 12.0. The SMILES string of the molecule is CCOC(=O)C1CCCN(C(=O)CN(C)C(=O)c2ccc(S(=O)(=O)NC3CC3)cc2)C1. The molecule has 1 N–H and O–H groups in total. The summed E-state index contributed by atoms with van der Waals surface area (Å²) >= 11 is 0. The second-order valence-electron chi connectivity index (χ2n) is 8.01. The number of carbonyl (C=O) groups excluding carboxylic acids is 3. The van der Waals surface area contributed by atoms with E-state index in [2.05, 4.69) is 4.72 Å². The van der Waals surface area contributed by atoms with Gasteiger partial charge in [0.1, 0.15) is 0 Å². The Balaban J connectivity index is 1.57. The Morgan fingerprint density at radius 1 is 1.16 bits per heavy atom. The molecule has 0 bridgehead atoms. The van der Waals surface area contributed by atoms with E-state index in [1.165, 1.54) is 36.2 Å². The maximum atomic E-state index is 12.7. The highest BCUT2D eigenvalue weighted by Gasteiger charge is 2.31. The zero-order valence-electron chi connectivity index (χ0n) is 17.9. The molecule has 1 aromatic rings. The van der Waals surface area contributed by atoms with Crippen LogP contribution in [0.4, 0.5) is 0 Å². The van der Waals surface area contributed by atoms with Gasteiger partial charge in [0.25, 0.3) is 5.91 Å². The van der Waals surface area contributed by atoms with Crippen molar-refractivity contribution in [1.29, 1.82) is 0 Å². The van der Waals surface area contributed by atoms with Crippen LogP contribution in [-0.4, -0.2) is 75.3 Å². The number of sulfonamides is 1. The van der Waals surface area contributed by atoms with Gasteiger partial charge < -0.3 is 14.5 Å². The molecule has 1 aromatic carbocycles. The van der Waals surface area contributed by atoms with Crippen molar-refractivity contribution in [3.63, 3.8) is 0 Å². The molecule has 1 saturated heterocycles. The molecule has 0 radical (unpaired) electrons. The highest BCUT2D eigenvalue weighted by Crippen LogP contribution is 2.22. The second-order valence-corrected chi connectivity index (χ2v) is 9.73. The van der Waals surface area contributed by atoms with Gasteiger partial charge >= 0.3 is 5.97 Å². The fourth-order valence-corrected chi connectivity index (χ4v) is 4.82. The molecule has 0 aromatic heterocycles. The Hall–Kier alpha value is -2.46. The molecule has 31 heavy (non-hydrogen) atoms. The molecular formula is C21H29N3O6S. The molecule has 1 aliphatic heterocycles. The zero-order chi connectivity index (χ0) is 22.6. The molecule has 1 heterocycles. The monoisotopic (exact) mass is 451 g/mol. The van der Waals surface area contributed by atoms with E-state index in [4.69, 9.17) is 4.74 Å². The van der Waals surface area contributed by atoms with E-state index in [9.17, 15) is 22.8 Å². The number of piperidine rings is 1. The molecule has 3 rings (SSSR count). The summed E-state index contributed by atoms with van der Waals surface area (Å²) < 4.78 is 32.1. The van der Waals surface area contributed by atoms with Crippen molar-refractivity contribution in [3.05, 3.63) is 29.8 Å². The van der Waals surface area contributed by atoms with Crippen molar-refractivity contribution in [2.24, 2.45) is 5.92 Å². The molecule has 9 nitrogen and oxygen atoms in total. The molecule has 0 spiro atoms. The predicted molar refractivity (Wildman–Crippen MR) is 113 cm³/mol. The smallest absolute Gasteiger partial charge is 0.310 e. The van der Waals surface area contributed by atoms with Crippen molar-refractivity contribution >= 4 is 27.8 Å². The number of nitrogens with one attached hydrogen (secondary N) is 1. The van der Waals surface area contributed by atoms with E-state index in [1.807, 2.05) is 0 Å². The number of amides is 2. The first-order chi connectivity index (χ1) is 14.7. The van der Waals surface area contributed by atoms with Crippen molar-refractivity contribution in [2.75, 3.05) is 33.3 Å². The molecular weight excluding hydrogens is 422 g/mol. The van der Waals surface area contributed by atoms with Crippen molar-refractivity contribution in [1.82, 2.24) is 14.5 Å². The summed E-state index contributed by atoms with van der Waals surface area (Å²) in [6.07, 6.45) is 3.07. The summed E-state index contributed by atoms with van der Waals surface area (Å²) in [6.45, 7) is 2.75. The van der Waals surface area contributed by atoms with Crippen LogP contribution < -0.4 is 4.72 Å². The molecule has 10 heteroatoms. The van der Waals surface area contributed by atoms with E-state index >= 15 is 0 Å². The lowest BCUT2D eigenvalue weighted by Crippen LogP contribution is -2.47. The first-order valence-electron chi connectivity index (χ1n) is 10.5. The Morgan fingerprint density at radius 3 is 2.45 bits per heavy atom. The highest BCUT2D eigenvalue weighted by molar-refractivity contribution is 7.89. The maximum Gasteiger partial charge on any atom is 0.310 e. The third kappa shape index (κ3) is 6.04. The molecule has 2 aliphatic rings. The summed E-state index contributed by atoms with van der Waals surface area (Å²) in [5, 5.41) is 0. The number of hydrogen-bond donors (Lipinski definition) is 1. The Morgan fingerprint density at radius 2 is 1.84 bits per heavy atom. The lowest BCUT2D eigenvalue weighted by atomic mass is 9.98. The Bertz CT molecular complexity index is 927. The lowest BCUT2D eigenvalue weighted by molar-refractivity contribution is -0.151. The van der Waals surface area contributed by atoms with Crippen LogP contribution in [0, 0.1) is 5.92 Å². The fourth-order valence-electron chi connectivity index (χ4n) is 3.52. The van der Waals surface area contributed by atoms with Gasteiger partial charge in [-0.15, -0.1) is 0 Å². The minimum atomic E-state index is -3.58. The summed E-state index contributed by atoms with van der Waals surface area (Å²) in [7, 11) is -2.06. The number of esters is 1. The maximum absolute atomic E-state index is 12.7. The van der Waals surface area contributed by atoms with Gasteiger partial charge in [0.05, 0.1) is 24.0 Å². The van der Waals surface area contributed by atoms with Gasteiger partial charge in [-0.1, -0.05) is 0 Å². The van der Waals surface area contributed by atoms with Gasteiger partial charge in [-0.3, -0.25) is 14.4 Å². The summed E-state index contributed by atoms with van der Waals surface area (Å²) in [5.74, 6) is -1.25. The van der Waals surface area contributed by atoms with Crippen LogP contribution in [0.15, 0.2) is 29.2 Å². The van der Waals surface area contributed by atoms with Crippen molar-refractivity contribution in [2.45, 2.75) is 43.5 Å². The molecule has 1 atom stereocenters. The van der Waals surface area contributed by atoms with E-state index in [0.29, 0.717) is 38.1 Å². The minimum Gasteiger partial charge on any atom is -0.466 e. The van der Waals surface area contributed by atoms with Crippen LogP contribution in [0.5, 0.6) is 0 Å². The highest BCUT2D eigenvalue weighted by atomic mass is 32.2. The van der Waals surface area contributed by atoms with Gasteiger partial charge in [0, 0.05) is 31.7 Å². The average molecular weight is 452 g/mol. The number of rotatable bonds is 8. The van der Waals surface area contributed by atoms with Crippen molar-refractivity contribution in [3.8, 4) is 0 Å². The number of nitrogens with zero attached hydrogens (tertiary/aromatic N) is 2. The normalized spacial score (nSPS) is 19.0. The van der Waals surface area contributed by atoms with E-state index in [1.54, 1.807) is 11.8 Å². The van der Waals surface area contributed by atoms with Crippen LogP contribution in [0.2, 0.25) is 0 Å². The number of carbonyl (C=O) groups is 3. The largest absolute Gasteiger partial charge is 0.466 e. The van der Waals surface area contributed by atoms with Crippen molar-refractivity contribution < 1.29 is 27.5 Å². The predicted octanol–water partition coefficient (Wildman–Crippen LogP) is 1.00. The summed E-state index contributed by atoms with van der Waals surface area (Å²) in [6, 6.07) is 5.68. The fraction of sp³-hybridized carbons (Fsp3) is 0.571. The average Bonchev–Trinajstić information content (AvgIpc) is 3.56. The second kappa shape index (κ2) is 9.78. The topological polar surface area (TPSA) is 113 Å². The first kappa shape index (κ1) is 23.2. The van der Waals surface area contributed by atoms with Crippen LogP contribution >= 0.6 is 0 Å². The molecule has 170 valence electrons. The quantitative estimate of drug-likeness (QED) is 0.590. The number of likely N-dealkylation sites (tertiary alicyclic amines) is 1. The van der Waals surface area contributed by atoms with E-state index in [-0.39, 0.29) is 41.2 Å².